The van der Waals surface area contributed by atoms with Crippen LogP contribution in [0.15, 0.2) is 54.6 Å². The van der Waals surface area contributed by atoms with E-state index in [1.54, 1.807) is 6.92 Å². The second-order valence-corrected chi connectivity index (χ2v) is 5.42. The lowest BCUT2D eigenvalue weighted by Gasteiger charge is -2.16. The molecule has 0 N–H and O–H groups in total. The number of aromatic nitrogens is 2. The zero-order chi connectivity index (χ0) is 16.9. The van der Waals surface area contributed by atoms with Crippen molar-refractivity contribution in [2.45, 2.75) is 26.5 Å². The van der Waals surface area contributed by atoms with Crippen molar-refractivity contribution >= 4 is 17.0 Å². The van der Waals surface area contributed by atoms with Crippen LogP contribution in [0.5, 0.6) is 5.75 Å². The van der Waals surface area contributed by atoms with Crippen molar-refractivity contribution in [3.63, 3.8) is 0 Å². The number of hydrogen-bond donors (Lipinski definition) is 0. The van der Waals surface area contributed by atoms with Gasteiger partial charge in [0.2, 0.25) is 0 Å². The monoisotopic (exact) mass is 324 g/mol. The van der Waals surface area contributed by atoms with Crippen molar-refractivity contribution in [3.8, 4) is 5.75 Å². The summed E-state index contributed by atoms with van der Waals surface area (Å²) in [6.07, 6.45) is -0.297. The van der Waals surface area contributed by atoms with E-state index in [1.807, 2.05) is 66.1 Å². The van der Waals surface area contributed by atoms with Crippen LogP contribution in [0.25, 0.3) is 11.0 Å². The van der Waals surface area contributed by atoms with Crippen molar-refractivity contribution in [2.24, 2.45) is 0 Å². The molecule has 1 heterocycles. The lowest BCUT2D eigenvalue weighted by Crippen LogP contribution is -2.18. The Morgan fingerprint density at radius 1 is 1.12 bits per heavy atom. The molecule has 1 aromatic heterocycles. The molecule has 0 spiro atoms. The molecule has 0 fully saturated rings. The van der Waals surface area contributed by atoms with Crippen LogP contribution in [0.4, 0.5) is 0 Å². The average molecular weight is 324 g/mol. The number of ether oxygens (including phenoxy) is 2. The lowest BCUT2D eigenvalue weighted by atomic mass is 10.3. The maximum atomic E-state index is 12.0. The minimum Gasteiger partial charge on any atom is -0.483 e. The molecule has 0 aliphatic heterocycles. The van der Waals surface area contributed by atoms with Gasteiger partial charge in [-0.05, 0) is 38.1 Å². The van der Waals surface area contributed by atoms with Gasteiger partial charge in [-0.2, -0.15) is 0 Å². The summed E-state index contributed by atoms with van der Waals surface area (Å²) in [7, 11) is 0. The van der Waals surface area contributed by atoms with E-state index in [1.165, 1.54) is 0 Å². The van der Waals surface area contributed by atoms with Crippen LogP contribution in [-0.2, 0) is 16.1 Å². The number of imidazole rings is 1. The number of esters is 1. The molecule has 1 atom stereocenters. The molecule has 24 heavy (non-hydrogen) atoms. The topological polar surface area (TPSA) is 53.4 Å². The van der Waals surface area contributed by atoms with Gasteiger partial charge >= 0.3 is 5.97 Å². The van der Waals surface area contributed by atoms with Crippen LogP contribution in [0, 0.1) is 0 Å². The van der Waals surface area contributed by atoms with Gasteiger partial charge in [-0.15, -0.1) is 0 Å². The Kier molecular flexibility index (Phi) is 4.79. The molecule has 3 aromatic rings. The third-order valence-corrected chi connectivity index (χ3v) is 3.70. The van der Waals surface area contributed by atoms with Crippen molar-refractivity contribution in [3.05, 3.63) is 60.4 Å². The SMILES string of the molecule is CCOC(=O)Cn1c(C(C)Oc2ccccc2)nc2ccccc21. The predicted molar refractivity (Wildman–Crippen MR) is 91.9 cm³/mol. The number of rotatable bonds is 6. The lowest BCUT2D eigenvalue weighted by molar-refractivity contribution is -0.143. The Morgan fingerprint density at radius 2 is 1.83 bits per heavy atom. The molecule has 0 bridgehead atoms. The van der Waals surface area contributed by atoms with Crippen molar-refractivity contribution < 1.29 is 14.3 Å². The van der Waals surface area contributed by atoms with Gasteiger partial charge in [-0.1, -0.05) is 30.3 Å². The first-order chi connectivity index (χ1) is 11.7. The fourth-order valence-corrected chi connectivity index (χ4v) is 2.66. The first-order valence-corrected chi connectivity index (χ1v) is 8.01. The molecule has 3 rings (SSSR count). The molecular weight excluding hydrogens is 304 g/mol. The maximum Gasteiger partial charge on any atom is 0.326 e. The van der Waals surface area contributed by atoms with Gasteiger partial charge in [0, 0.05) is 0 Å². The van der Waals surface area contributed by atoms with Crippen molar-refractivity contribution in [1.82, 2.24) is 9.55 Å². The quantitative estimate of drug-likeness (QED) is 0.648. The highest BCUT2D eigenvalue weighted by Gasteiger charge is 2.20. The largest absolute Gasteiger partial charge is 0.483 e. The van der Waals surface area contributed by atoms with Gasteiger partial charge in [-0.3, -0.25) is 4.79 Å². The highest BCUT2D eigenvalue weighted by molar-refractivity contribution is 5.79. The van der Waals surface area contributed by atoms with E-state index in [0.717, 1.165) is 16.8 Å². The number of carbonyl (C=O) groups excluding carboxylic acids is 1. The molecule has 0 saturated heterocycles. The average Bonchev–Trinajstić information content (AvgIpc) is 2.95. The standard InChI is InChI=1S/C19H20N2O3/c1-3-23-18(22)13-21-17-12-8-7-11-16(17)20-19(21)14(2)24-15-9-5-4-6-10-15/h4-12,14H,3,13H2,1-2H3. The van der Waals surface area contributed by atoms with Gasteiger partial charge in [0.05, 0.1) is 17.6 Å². The Labute approximate surface area is 140 Å². The Balaban J connectivity index is 1.95. The van der Waals surface area contributed by atoms with E-state index in [-0.39, 0.29) is 18.6 Å². The first-order valence-electron chi connectivity index (χ1n) is 8.01. The number of para-hydroxylation sites is 3. The van der Waals surface area contributed by atoms with Crippen LogP contribution in [0.2, 0.25) is 0 Å². The predicted octanol–water partition coefficient (Wildman–Crippen LogP) is 3.74. The van der Waals surface area contributed by atoms with E-state index < -0.39 is 0 Å². The molecule has 1 unspecified atom stereocenters. The molecule has 5 nitrogen and oxygen atoms in total. The van der Waals surface area contributed by atoms with Gasteiger partial charge in [0.15, 0.2) is 11.9 Å². The summed E-state index contributed by atoms with van der Waals surface area (Å²) in [6, 6.07) is 17.3. The minimum absolute atomic E-state index is 0.117. The van der Waals surface area contributed by atoms with E-state index in [2.05, 4.69) is 4.98 Å². The smallest absolute Gasteiger partial charge is 0.326 e. The molecule has 2 aromatic carbocycles. The fraction of sp³-hybridized carbons (Fsp3) is 0.263. The highest BCUT2D eigenvalue weighted by Crippen LogP contribution is 2.25. The van der Waals surface area contributed by atoms with Gasteiger partial charge in [-0.25, -0.2) is 4.98 Å². The summed E-state index contributed by atoms with van der Waals surface area (Å²) in [5.74, 6) is 1.18. The van der Waals surface area contributed by atoms with Crippen LogP contribution in [-0.4, -0.2) is 22.1 Å². The third kappa shape index (κ3) is 3.40. The number of carbonyl (C=O) groups is 1. The summed E-state index contributed by atoms with van der Waals surface area (Å²) in [4.78, 5) is 16.6. The third-order valence-electron chi connectivity index (χ3n) is 3.70. The Bertz CT molecular complexity index is 827. The van der Waals surface area contributed by atoms with Gasteiger partial charge in [0.1, 0.15) is 12.3 Å². The Hall–Kier alpha value is -2.82. The zero-order valence-electron chi connectivity index (χ0n) is 13.8. The summed E-state index contributed by atoms with van der Waals surface area (Å²) < 4.78 is 12.9. The summed E-state index contributed by atoms with van der Waals surface area (Å²) in [5, 5.41) is 0. The molecule has 0 aliphatic rings. The second-order valence-electron chi connectivity index (χ2n) is 5.42. The minimum atomic E-state index is -0.297. The molecule has 0 radical (unpaired) electrons. The number of hydrogen-bond acceptors (Lipinski definition) is 4. The molecular formula is C19H20N2O3. The second kappa shape index (κ2) is 7.17. The van der Waals surface area contributed by atoms with Crippen molar-refractivity contribution in [2.75, 3.05) is 6.61 Å². The van der Waals surface area contributed by atoms with Crippen LogP contribution in [0.1, 0.15) is 25.8 Å². The highest BCUT2D eigenvalue weighted by atomic mass is 16.5. The van der Waals surface area contributed by atoms with Crippen LogP contribution < -0.4 is 4.74 Å². The van der Waals surface area contributed by atoms with Crippen LogP contribution in [0.3, 0.4) is 0 Å². The molecule has 0 saturated carbocycles. The van der Waals surface area contributed by atoms with Gasteiger partial charge < -0.3 is 14.0 Å². The van der Waals surface area contributed by atoms with Crippen LogP contribution >= 0.6 is 0 Å². The summed E-state index contributed by atoms with van der Waals surface area (Å²) in [6.45, 7) is 4.20. The maximum absolute atomic E-state index is 12.0. The zero-order valence-corrected chi connectivity index (χ0v) is 13.8. The van der Waals surface area contributed by atoms with E-state index in [0.29, 0.717) is 12.4 Å². The first kappa shape index (κ1) is 16.1. The summed E-state index contributed by atoms with van der Waals surface area (Å²) in [5.41, 5.74) is 1.73. The normalized spacial score (nSPS) is 12.1. The molecule has 0 amide bonds. The molecule has 0 aliphatic carbocycles. The molecule has 124 valence electrons. The van der Waals surface area contributed by atoms with E-state index in [9.17, 15) is 4.79 Å². The van der Waals surface area contributed by atoms with E-state index >= 15 is 0 Å². The number of fused-ring (bicyclic) bond motifs is 1. The Morgan fingerprint density at radius 3 is 2.58 bits per heavy atom. The van der Waals surface area contributed by atoms with E-state index in [4.69, 9.17) is 9.47 Å². The number of benzene rings is 2. The van der Waals surface area contributed by atoms with Gasteiger partial charge in [0.25, 0.3) is 0 Å². The number of nitrogens with zero attached hydrogens (tertiary/aromatic N) is 2. The summed E-state index contributed by atoms with van der Waals surface area (Å²) >= 11 is 0. The van der Waals surface area contributed by atoms with Crippen molar-refractivity contribution in [1.29, 1.82) is 0 Å². The fourth-order valence-electron chi connectivity index (χ4n) is 2.66. The molecule has 5 heteroatoms.